The number of aromatic nitrogens is 3. The Morgan fingerprint density at radius 2 is 1.89 bits per heavy atom. The molecule has 0 atom stereocenters. The molecule has 0 spiro atoms. The number of nitrogens with zero attached hydrogens (tertiary/aromatic N) is 5. The van der Waals surface area contributed by atoms with Crippen LogP contribution in [0.1, 0.15) is 16.2 Å². The molecule has 0 bridgehead atoms. The van der Waals surface area contributed by atoms with E-state index in [0.29, 0.717) is 11.0 Å². The summed E-state index contributed by atoms with van der Waals surface area (Å²) in [7, 11) is 3.02. The summed E-state index contributed by atoms with van der Waals surface area (Å²) >= 11 is 1.05. The Morgan fingerprint density at radius 3 is 2.57 bits per heavy atom. The van der Waals surface area contributed by atoms with Crippen molar-refractivity contribution in [3.05, 3.63) is 74.1 Å². The van der Waals surface area contributed by atoms with E-state index in [4.69, 9.17) is 4.74 Å². The first-order chi connectivity index (χ1) is 16.7. The number of rotatable bonds is 10. The van der Waals surface area contributed by atoms with E-state index in [-0.39, 0.29) is 40.7 Å². The molecule has 35 heavy (non-hydrogen) atoms. The topological polar surface area (TPSA) is 184 Å². The van der Waals surface area contributed by atoms with E-state index in [2.05, 4.69) is 20.8 Å². The molecule has 0 radical (unpaired) electrons. The third-order valence-corrected chi connectivity index (χ3v) is 5.68. The number of methoxy groups -OCH3 is 1. The molecule has 0 aliphatic carbocycles. The van der Waals surface area contributed by atoms with Gasteiger partial charge in [0.05, 0.1) is 35.3 Å². The summed E-state index contributed by atoms with van der Waals surface area (Å²) in [5.41, 5.74) is -0.347. The van der Waals surface area contributed by atoms with Crippen LogP contribution in [-0.2, 0) is 18.4 Å². The number of amides is 2. The lowest BCUT2D eigenvalue weighted by Crippen LogP contribution is -2.24. The van der Waals surface area contributed by atoms with Crippen LogP contribution in [0.15, 0.2) is 47.6 Å². The van der Waals surface area contributed by atoms with E-state index in [1.807, 2.05) is 0 Å². The Balaban J connectivity index is 1.57. The fourth-order valence-electron chi connectivity index (χ4n) is 2.86. The average Bonchev–Trinajstić information content (AvgIpc) is 3.20. The van der Waals surface area contributed by atoms with Crippen LogP contribution in [0.5, 0.6) is 5.75 Å². The van der Waals surface area contributed by atoms with Crippen LogP contribution in [0.4, 0.5) is 17.1 Å². The quantitative estimate of drug-likeness (QED) is 0.237. The number of carbonyl (C=O) groups excluding carboxylic acids is 2. The molecule has 0 unspecified atom stereocenters. The number of non-ortho nitro benzene ring substituents is 1. The van der Waals surface area contributed by atoms with Gasteiger partial charge in [0, 0.05) is 24.7 Å². The Hall–Kier alpha value is -4.53. The molecule has 2 amide bonds. The predicted octanol–water partition coefficient (Wildman–Crippen LogP) is 2.30. The highest BCUT2D eigenvalue weighted by Crippen LogP contribution is 2.29. The average molecular weight is 501 g/mol. The highest BCUT2D eigenvalue weighted by molar-refractivity contribution is 7.99. The maximum atomic E-state index is 12.3. The van der Waals surface area contributed by atoms with E-state index in [1.54, 1.807) is 11.6 Å². The summed E-state index contributed by atoms with van der Waals surface area (Å²) in [5.74, 6) is -0.446. The molecule has 182 valence electrons. The molecule has 0 saturated heterocycles. The van der Waals surface area contributed by atoms with E-state index in [0.717, 1.165) is 11.8 Å². The van der Waals surface area contributed by atoms with Gasteiger partial charge in [0.2, 0.25) is 5.91 Å². The first kappa shape index (κ1) is 25.1. The van der Waals surface area contributed by atoms with Gasteiger partial charge in [-0.1, -0.05) is 17.8 Å². The van der Waals surface area contributed by atoms with Crippen LogP contribution in [0.25, 0.3) is 0 Å². The second-order valence-corrected chi connectivity index (χ2v) is 7.87. The van der Waals surface area contributed by atoms with Crippen LogP contribution >= 0.6 is 11.8 Å². The van der Waals surface area contributed by atoms with Crippen LogP contribution in [-0.4, -0.2) is 49.3 Å². The van der Waals surface area contributed by atoms with Gasteiger partial charge in [-0.2, -0.15) is 0 Å². The van der Waals surface area contributed by atoms with E-state index in [9.17, 15) is 29.8 Å². The number of anilines is 1. The molecule has 0 saturated carbocycles. The minimum Gasteiger partial charge on any atom is -0.496 e. The molecule has 2 aromatic carbocycles. The van der Waals surface area contributed by atoms with Crippen molar-refractivity contribution in [2.24, 2.45) is 7.05 Å². The molecule has 15 heteroatoms. The summed E-state index contributed by atoms with van der Waals surface area (Å²) in [6.07, 6.45) is 0. The number of nitrogens with one attached hydrogen (secondary N) is 2. The van der Waals surface area contributed by atoms with Crippen molar-refractivity contribution < 1.29 is 24.2 Å². The van der Waals surface area contributed by atoms with Gasteiger partial charge in [-0.3, -0.25) is 29.8 Å². The standard InChI is InChI=1S/C20H19N7O7S/c1-25-17(10-21-19(29)12-4-3-5-13(8-12)26(30)31)23-24-20(25)35-11-18(28)22-15-7-6-14(34-2)9-16(15)27(32)33/h3-9H,10-11H2,1-2H3,(H,21,29)(H,22,28). The predicted molar refractivity (Wildman–Crippen MR) is 124 cm³/mol. The number of nitro benzene ring substituents is 2. The van der Waals surface area contributed by atoms with E-state index in [1.165, 1.54) is 49.6 Å². The van der Waals surface area contributed by atoms with Crippen molar-refractivity contribution in [1.29, 1.82) is 0 Å². The van der Waals surface area contributed by atoms with Crippen molar-refractivity contribution in [3.63, 3.8) is 0 Å². The molecular weight excluding hydrogens is 482 g/mol. The molecule has 14 nitrogen and oxygen atoms in total. The molecule has 0 fully saturated rings. The second-order valence-electron chi connectivity index (χ2n) is 6.92. The second kappa shape index (κ2) is 11.1. The zero-order valence-electron chi connectivity index (χ0n) is 18.5. The Morgan fingerprint density at radius 1 is 1.11 bits per heavy atom. The zero-order valence-corrected chi connectivity index (χ0v) is 19.3. The monoisotopic (exact) mass is 501 g/mol. The molecule has 0 aliphatic heterocycles. The van der Waals surface area contributed by atoms with Crippen molar-refractivity contribution in [3.8, 4) is 5.75 Å². The van der Waals surface area contributed by atoms with Gasteiger partial charge in [0.15, 0.2) is 11.0 Å². The lowest BCUT2D eigenvalue weighted by molar-refractivity contribution is -0.384. The Kier molecular flexibility index (Phi) is 7.93. The van der Waals surface area contributed by atoms with Gasteiger partial charge in [0.1, 0.15) is 11.4 Å². The number of benzene rings is 2. The SMILES string of the molecule is COc1ccc(NC(=O)CSc2nnc(CNC(=O)c3cccc([N+](=O)[O-])c3)n2C)c([N+](=O)[O-])c1. The lowest BCUT2D eigenvalue weighted by Gasteiger charge is -2.08. The molecular formula is C20H19N7O7S. The fraction of sp³-hybridized carbons (Fsp3) is 0.200. The number of thioether (sulfide) groups is 1. The highest BCUT2D eigenvalue weighted by Gasteiger charge is 2.19. The Bertz CT molecular complexity index is 1290. The molecule has 3 rings (SSSR count). The van der Waals surface area contributed by atoms with Crippen molar-refractivity contribution in [1.82, 2.24) is 20.1 Å². The van der Waals surface area contributed by atoms with Gasteiger partial charge in [-0.25, -0.2) is 0 Å². The Labute approximate surface area is 202 Å². The van der Waals surface area contributed by atoms with Gasteiger partial charge in [-0.05, 0) is 18.2 Å². The first-order valence-corrected chi connectivity index (χ1v) is 10.8. The molecule has 2 N–H and O–H groups in total. The van der Waals surface area contributed by atoms with Crippen LogP contribution in [0.3, 0.4) is 0 Å². The van der Waals surface area contributed by atoms with Crippen LogP contribution in [0.2, 0.25) is 0 Å². The van der Waals surface area contributed by atoms with E-state index >= 15 is 0 Å². The van der Waals surface area contributed by atoms with Gasteiger partial charge < -0.3 is 19.9 Å². The lowest BCUT2D eigenvalue weighted by atomic mass is 10.2. The summed E-state index contributed by atoms with van der Waals surface area (Å²) in [6, 6.07) is 9.39. The molecule has 0 aliphatic rings. The maximum Gasteiger partial charge on any atom is 0.296 e. The number of hydrogen-bond donors (Lipinski definition) is 2. The minimum atomic E-state index is -0.623. The summed E-state index contributed by atoms with van der Waals surface area (Å²) in [5, 5.41) is 35.6. The van der Waals surface area contributed by atoms with Crippen molar-refractivity contribution in [2.75, 3.05) is 18.2 Å². The summed E-state index contributed by atoms with van der Waals surface area (Å²) in [4.78, 5) is 45.6. The van der Waals surface area contributed by atoms with E-state index < -0.39 is 21.7 Å². The highest BCUT2D eigenvalue weighted by atomic mass is 32.2. The molecule has 3 aromatic rings. The fourth-order valence-corrected chi connectivity index (χ4v) is 3.59. The van der Waals surface area contributed by atoms with Gasteiger partial charge >= 0.3 is 0 Å². The smallest absolute Gasteiger partial charge is 0.296 e. The van der Waals surface area contributed by atoms with Crippen LogP contribution < -0.4 is 15.4 Å². The number of carbonyl (C=O) groups is 2. The van der Waals surface area contributed by atoms with Crippen molar-refractivity contribution in [2.45, 2.75) is 11.7 Å². The number of nitro groups is 2. The normalized spacial score (nSPS) is 10.5. The third-order valence-electron chi connectivity index (χ3n) is 4.66. The maximum absolute atomic E-state index is 12.3. The minimum absolute atomic E-state index is 0.00414. The van der Waals surface area contributed by atoms with Crippen molar-refractivity contribution >= 4 is 40.6 Å². The largest absolute Gasteiger partial charge is 0.496 e. The molecule has 1 heterocycles. The zero-order chi connectivity index (χ0) is 25.5. The number of hydrogen-bond acceptors (Lipinski definition) is 10. The number of ether oxygens (including phenoxy) is 1. The first-order valence-electron chi connectivity index (χ1n) is 9.85. The van der Waals surface area contributed by atoms with Crippen LogP contribution in [0, 0.1) is 20.2 Å². The van der Waals surface area contributed by atoms with Gasteiger partial charge in [0.25, 0.3) is 17.3 Å². The third kappa shape index (κ3) is 6.29. The van der Waals surface area contributed by atoms with Gasteiger partial charge in [-0.15, -0.1) is 10.2 Å². The summed E-state index contributed by atoms with van der Waals surface area (Å²) < 4.78 is 6.54. The summed E-state index contributed by atoms with van der Waals surface area (Å²) in [6.45, 7) is -0.00414. The molecule has 1 aromatic heterocycles.